The maximum absolute atomic E-state index is 11.7. The van der Waals surface area contributed by atoms with E-state index in [-0.39, 0.29) is 30.8 Å². The average molecular weight is 296 g/mol. The fourth-order valence-electron chi connectivity index (χ4n) is 1.56. The molecular formula is C13H16N2O6. The van der Waals surface area contributed by atoms with E-state index in [0.29, 0.717) is 5.75 Å². The average Bonchev–Trinajstić information content (AvgIpc) is 2.45. The van der Waals surface area contributed by atoms with E-state index >= 15 is 0 Å². The Bertz CT molecular complexity index is 543. The van der Waals surface area contributed by atoms with Gasteiger partial charge in [0.15, 0.2) is 0 Å². The number of rotatable bonds is 7. The lowest BCUT2D eigenvalue weighted by Gasteiger charge is -2.07. The molecule has 0 fully saturated rings. The Balaban J connectivity index is 2.71. The third kappa shape index (κ3) is 5.09. The highest BCUT2D eigenvalue weighted by molar-refractivity contribution is 5.94. The lowest BCUT2D eigenvalue weighted by atomic mass is 10.2. The Morgan fingerprint density at radius 2 is 2.05 bits per heavy atom. The number of anilines is 1. The van der Waals surface area contributed by atoms with Crippen molar-refractivity contribution in [3.8, 4) is 5.75 Å². The fraction of sp³-hybridized carbons (Fsp3) is 0.385. The van der Waals surface area contributed by atoms with Gasteiger partial charge in [-0.25, -0.2) is 0 Å². The van der Waals surface area contributed by atoms with Crippen LogP contribution in [0.3, 0.4) is 0 Å². The Kier molecular flexibility index (Phi) is 6.12. The molecule has 1 rings (SSSR count). The van der Waals surface area contributed by atoms with Gasteiger partial charge >= 0.3 is 5.97 Å². The van der Waals surface area contributed by atoms with Gasteiger partial charge in [0, 0.05) is 6.42 Å². The summed E-state index contributed by atoms with van der Waals surface area (Å²) in [4.78, 5) is 33.1. The summed E-state index contributed by atoms with van der Waals surface area (Å²) in [6.45, 7) is 1.91. The molecule has 0 radical (unpaired) electrons. The molecule has 0 aliphatic carbocycles. The van der Waals surface area contributed by atoms with Gasteiger partial charge in [-0.2, -0.15) is 0 Å². The minimum Gasteiger partial charge on any atom is -0.496 e. The number of carbonyl (C=O) groups is 2. The van der Waals surface area contributed by atoms with E-state index in [0.717, 1.165) is 0 Å². The van der Waals surface area contributed by atoms with Gasteiger partial charge in [0.2, 0.25) is 5.91 Å². The number of hydrogen-bond acceptors (Lipinski definition) is 6. The normalized spacial score (nSPS) is 9.81. The minimum absolute atomic E-state index is 0.0506. The molecule has 0 aromatic heterocycles. The van der Waals surface area contributed by atoms with Gasteiger partial charge in [-0.1, -0.05) is 0 Å². The second-order valence-electron chi connectivity index (χ2n) is 3.99. The van der Waals surface area contributed by atoms with Crippen LogP contribution in [0.2, 0.25) is 0 Å². The first-order chi connectivity index (χ1) is 9.97. The van der Waals surface area contributed by atoms with E-state index < -0.39 is 16.8 Å². The van der Waals surface area contributed by atoms with E-state index in [9.17, 15) is 19.7 Å². The lowest BCUT2D eigenvalue weighted by molar-refractivity contribution is -0.384. The summed E-state index contributed by atoms with van der Waals surface area (Å²) in [6.07, 6.45) is -0.189. The summed E-state index contributed by atoms with van der Waals surface area (Å²) in [5.41, 5.74) is -0.228. The van der Waals surface area contributed by atoms with E-state index in [1.165, 1.54) is 25.3 Å². The van der Waals surface area contributed by atoms with E-state index in [1.54, 1.807) is 6.92 Å². The van der Waals surface area contributed by atoms with Crippen LogP contribution in [0.15, 0.2) is 18.2 Å². The smallest absolute Gasteiger partial charge is 0.306 e. The van der Waals surface area contributed by atoms with Crippen molar-refractivity contribution in [2.24, 2.45) is 0 Å². The number of amides is 1. The zero-order valence-electron chi connectivity index (χ0n) is 11.8. The second kappa shape index (κ2) is 7.83. The molecule has 0 atom stereocenters. The first-order valence-electron chi connectivity index (χ1n) is 6.25. The quantitative estimate of drug-likeness (QED) is 0.467. The number of benzene rings is 1. The molecule has 0 bridgehead atoms. The van der Waals surface area contributed by atoms with Gasteiger partial charge in [0.05, 0.1) is 31.1 Å². The summed E-state index contributed by atoms with van der Waals surface area (Å²) in [7, 11) is 1.39. The number of nitro benzene ring substituents is 1. The lowest BCUT2D eigenvalue weighted by Crippen LogP contribution is -2.15. The Hall–Kier alpha value is -2.64. The van der Waals surface area contributed by atoms with Gasteiger partial charge in [-0.05, 0) is 19.1 Å². The van der Waals surface area contributed by atoms with Crippen LogP contribution >= 0.6 is 0 Å². The second-order valence-corrected chi connectivity index (χ2v) is 3.99. The van der Waals surface area contributed by atoms with Crippen LogP contribution in [-0.2, 0) is 14.3 Å². The fourth-order valence-corrected chi connectivity index (χ4v) is 1.56. The first kappa shape index (κ1) is 16.4. The number of methoxy groups -OCH3 is 1. The summed E-state index contributed by atoms with van der Waals surface area (Å²) >= 11 is 0. The SMILES string of the molecule is CCOC(=O)CCC(=O)Nc1ccc(OC)cc1[N+](=O)[O-]. The van der Waals surface area contributed by atoms with Crippen LogP contribution in [0.4, 0.5) is 11.4 Å². The molecule has 114 valence electrons. The molecule has 8 nitrogen and oxygen atoms in total. The highest BCUT2D eigenvalue weighted by Crippen LogP contribution is 2.29. The van der Waals surface area contributed by atoms with Crippen molar-refractivity contribution in [3.63, 3.8) is 0 Å². The maximum atomic E-state index is 11.7. The highest BCUT2D eigenvalue weighted by Gasteiger charge is 2.17. The number of hydrogen-bond donors (Lipinski definition) is 1. The predicted molar refractivity (Wildman–Crippen MR) is 74.1 cm³/mol. The third-order valence-corrected chi connectivity index (χ3v) is 2.54. The summed E-state index contributed by atoms with van der Waals surface area (Å²) in [5, 5.41) is 13.3. The van der Waals surface area contributed by atoms with Crippen LogP contribution in [-0.4, -0.2) is 30.5 Å². The van der Waals surface area contributed by atoms with Crippen molar-refractivity contribution in [2.45, 2.75) is 19.8 Å². The van der Waals surface area contributed by atoms with Crippen molar-refractivity contribution in [1.29, 1.82) is 0 Å². The number of nitrogens with one attached hydrogen (secondary N) is 1. The van der Waals surface area contributed by atoms with Crippen molar-refractivity contribution < 1.29 is 24.0 Å². The van der Waals surface area contributed by atoms with Crippen molar-refractivity contribution >= 4 is 23.3 Å². The Morgan fingerprint density at radius 3 is 2.62 bits per heavy atom. The van der Waals surface area contributed by atoms with Crippen LogP contribution < -0.4 is 10.1 Å². The summed E-state index contributed by atoms with van der Waals surface area (Å²) in [6, 6.07) is 4.08. The molecule has 8 heteroatoms. The summed E-state index contributed by atoms with van der Waals surface area (Å²) in [5.74, 6) is -0.681. The number of nitro groups is 1. The molecule has 1 aromatic carbocycles. The number of carbonyl (C=O) groups excluding carboxylic acids is 2. The predicted octanol–water partition coefficient (Wildman–Crippen LogP) is 1.89. The Morgan fingerprint density at radius 1 is 1.33 bits per heavy atom. The molecule has 0 aliphatic heterocycles. The third-order valence-electron chi connectivity index (χ3n) is 2.54. The molecule has 0 saturated carbocycles. The molecule has 0 heterocycles. The number of nitrogens with zero attached hydrogens (tertiary/aromatic N) is 1. The van der Waals surface area contributed by atoms with Crippen molar-refractivity contribution in [3.05, 3.63) is 28.3 Å². The van der Waals surface area contributed by atoms with E-state index in [1.807, 2.05) is 0 Å². The molecule has 1 N–H and O–H groups in total. The molecule has 21 heavy (non-hydrogen) atoms. The topological polar surface area (TPSA) is 108 Å². The highest BCUT2D eigenvalue weighted by atomic mass is 16.6. The van der Waals surface area contributed by atoms with Crippen LogP contribution in [0, 0.1) is 10.1 Å². The van der Waals surface area contributed by atoms with Gasteiger partial charge in [-0.15, -0.1) is 0 Å². The van der Waals surface area contributed by atoms with Crippen molar-refractivity contribution in [1.82, 2.24) is 0 Å². The maximum Gasteiger partial charge on any atom is 0.306 e. The largest absolute Gasteiger partial charge is 0.496 e. The van der Waals surface area contributed by atoms with E-state index in [4.69, 9.17) is 9.47 Å². The molecular weight excluding hydrogens is 280 g/mol. The van der Waals surface area contributed by atoms with Gasteiger partial charge in [-0.3, -0.25) is 19.7 Å². The number of esters is 1. The van der Waals surface area contributed by atoms with Crippen LogP contribution in [0.25, 0.3) is 0 Å². The molecule has 0 spiro atoms. The molecule has 1 amide bonds. The molecule has 1 aromatic rings. The van der Waals surface area contributed by atoms with Gasteiger partial charge < -0.3 is 14.8 Å². The van der Waals surface area contributed by atoms with Crippen LogP contribution in [0.1, 0.15) is 19.8 Å². The first-order valence-corrected chi connectivity index (χ1v) is 6.25. The van der Waals surface area contributed by atoms with Gasteiger partial charge in [0.1, 0.15) is 11.4 Å². The number of ether oxygens (including phenoxy) is 2. The zero-order valence-corrected chi connectivity index (χ0v) is 11.8. The van der Waals surface area contributed by atoms with Gasteiger partial charge in [0.25, 0.3) is 5.69 Å². The summed E-state index contributed by atoms with van der Waals surface area (Å²) < 4.78 is 9.58. The minimum atomic E-state index is -0.622. The standard InChI is InChI=1S/C13H16N2O6/c1-3-21-13(17)7-6-12(16)14-10-5-4-9(20-2)8-11(10)15(18)19/h4-5,8H,3,6-7H2,1-2H3,(H,14,16). The Labute approximate surface area is 121 Å². The molecule has 0 saturated heterocycles. The van der Waals surface area contributed by atoms with Crippen molar-refractivity contribution in [2.75, 3.05) is 19.0 Å². The van der Waals surface area contributed by atoms with E-state index in [2.05, 4.69) is 5.32 Å². The zero-order chi connectivity index (χ0) is 15.8. The molecule has 0 aliphatic rings. The van der Waals surface area contributed by atoms with Crippen LogP contribution in [0.5, 0.6) is 5.75 Å². The monoisotopic (exact) mass is 296 g/mol. The molecule has 0 unspecified atom stereocenters.